The van der Waals surface area contributed by atoms with Crippen LogP contribution in [0, 0.1) is 0 Å². The fourth-order valence-corrected chi connectivity index (χ4v) is 3.57. The summed E-state index contributed by atoms with van der Waals surface area (Å²) in [4.78, 5) is 36.9. The predicted octanol–water partition coefficient (Wildman–Crippen LogP) is 3.88. The van der Waals surface area contributed by atoms with E-state index >= 15 is 0 Å². The summed E-state index contributed by atoms with van der Waals surface area (Å²) < 4.78 is 10.9. The van der Waals surface area contributed by atoms with Crippen molar-refractivity contribution in [2.24, 2.45) is 0 Å². The zero-order valence-electron chi connectivity index (χ0n) is 14.3. The predicted molar refractivity (Wildman–Crippen MR) is 103 cm³/mol. The average molecular weight is 408 g/mol. The van der Waals surface area contributed by atoms with Crippen molar-refractivity contribution in [3.63, 3.8) is 0 Å². The molecule has 0 unspecified atom stereocenters. The standard InChI is InChI=1S/C18H14ClNO6S/c1-3-25-12-6-9(4-5-11(12)19)16(21)20(2)15-8-13-14(27-15)7-10(17(22)23)18(24)26-13/h4-8H,3H2,1-2H3,(H,22,23). The molecule has 0 atom stereocenters. The maximum absolute atomic E-state index is 12.8. The van der Waals surface area contributed by atoms with Gasteiger partial charge < -0.3 is 19.2 Å². The molecule has 0 saturated carbocycles. The van der Waals surface area contributed by atoms with Crippen LogP contribution < -0.4 is 15.3 Å². The molecule has 1 N–H and O–H groups in total. The van der Waals surface area contributed by atoms with Gasteiger partial charge in [0.1, 0.15) is 16.3 Å². The zero-order valence-corrected chi connectivity index (χ0v) is 15.9. The number of hydrogen-bond acceptors (Lipinski definition) is 6. The van der Waals surface area contributed by atoms with Crippen molar-refractivity contribution in [1.82, 2.24) is 0 Å². The Kier molecular flexibility index (Phi) is 5.20. The van der Waals surface area contributed by atoms with Gasteiger partial charge in [-0.25, -0.2) is 9.59 Å². The third-order valence-electron chi connectivity index (χ3n) is 3.75. The fraction of sp³-hybridized carbons (Fsp3) is 0.167. The van der Waals surface area contributed by atoms with E-state index in [0.29, 0.717) is 32.6 Å². The summed E-state index contributed by atoms with van der Waals surface area (Å²) in [6, 6.07) is 7.48. The van der Waals surface area contributed by atoms with Gasteiger partial charge >= 0.3 is 11.6 Å². The Morgan fingerprint density at radius 1 is 1.30 bits per heavy atom. The van der Waals surface area contributed by atoms with E-state index < -0.39 is 17.2 Å². The number of rotatable bonds is 5. The number of anilines is 1. The summed E-state index contributed by atoms with van der Waals surface area (Å²) in [6.45, 7) is 2.22. The normalized spacial score (nSPS) is 10.8. The molecule has 0 spiro atoms. The molecule has 0 aliphatic heterocycles. The number of carboxylic acids is 1. The zero-order chi connectivity index (χ0) is 19.7. The molecule has 3 aromatic rings. The van der Waals surface area contributed by atoms with Crippen molar-refractivity contribution in [2.75, 3.05) is 18.6 Å². The molecular formula is C18H14ClNO6S. The van der Waals surface area contributed by atoms with Crippen LogP contribution in [0.5, 0.6) is 5.75 Å². The molecule has 0 bridgehead atoms. The summed E-state index contributed by atoms with van der Waals surface area (Å²) in [7, 11) is 1.57. The first kappa shape index (κ1) is 18.9. The van der Waals surface area contributed by atoms with Gasteiger partial charge in [-0.15, -0.1) is 11.3 Å². The average Bonchev–Trinajstić information content (AvgIpc) is 3.04. The highest BCUT2D eigenvalue weighted by atomic mass is 35.5. The molecule has 2 aromatic heterocycles. The van der Waals surface area contributed by atoms with Crippen LogP contribution in [0.3, 0.4) is 0 Å². The van der Waals surface area contributed by atoms with E-state index in [2.05, 4.69) is 0 Å². The van der Waals surface area contributed by atoms with Crippen molar-refractivity contribution >= 4 is 50.1 Å². The number of hydrogen-bond donors (Lipinski definition) is 1. The Balaban J connectivity index is 1.96. The lowest BCUT2D eigenvalue weighted by molar-refractivity contribution is 0.0692. The van der Waals surface area contributed by atoms with Crippen LogP contribution in [0.4, 0.5) is 5.00 Å². The minimum Gasteiger partial charge on any atom is -0.492 e. The van der Waals surface area contributed by atoms with E-state index in [1.165, 1.54) is 17.0 Å². The van der Waals surface area contributed by atoms with E-state index in [1.54, 1.807) is 25.2 Å². The molecule has 7 nitrogen and oxygen atoms in total. The van der Waals surface area contributed by atoms with Crippen molar-refractivity contribution in [1.29, 1.82) is 0 Å². The number of amides is 1. The van der Waals surface area contributed by atoms with Crippen molar-refractivity contribution in [2.45, 2.75) is 6.92 Å². The van der Waals surface area contributed by atoms with Crippen LogP contribution in [0.2, 0.25) is 5.02 Å². The second-order valence-electron chi connectivity index (χ2n) is 5.51. The van der Waals surface area contributed by atoms with Crippen LogP contribution in [0.25, 0.3) is 10.3 Å². The Bertz CT molecular complexity index is 1100. The van der Waals surface area contributed by atoms with Gasteiger partial charge in [0.25, 0.3) is 5.91 Å². The molecule has 9 heteroatoms. The lowest BCUT2D eigenvalue weighted by Crippen LogP contribution is -2.25. The molecular weight excluding hydrogens is 394 g/mol. The van der Waals surface area contributed by atoms with E-state index in [-0.39, 0.29) is 11.5 Å². The summed E-state index contributed by atoms with van der Waals surface area (Å²) >= 11 is 7.19. The lowest BCUT2D eigenvalue weighted by atomic mass is 10.2. The molecule has 0 aliphatic rings. The maximum Gasteiger partial charge on any atom is 0.351 e. The molecule has 0 radical (unpaired) electrons. The van der Waals surface area contributed by atoms with E-state index in [4.69, 9.17) is 25.9 Å². The summed E-state index contributed by atoms with van der Waals surface area (Å²) in [5.74, 6) is -1.28. The second kappa shape index (κ2) is 7.42. The number of thiophene rings is 1. The number of nitrogens with zero attached hydrogens (tertiary/aromatic N) is 1. The van der Waals surface area contributed by atoms with Crippen molar-refractivity contribution < 1.29 is 23.8 Å². The summed E-state index contributed by atoms with van der Waals surface area (Å²) in [6.07, 6.45) is 0. The van der Waals surface area contributed by atoms with E-state index in [1.807, 2.05) is 6.92 Å². The Hall–Kier alpha value is -2.84. The highest BCUT2D eigenvalue weighted by molar-refractivity contribution is 7.22. The number of carbonyl (C=O) groups is 2. The third-order valence-corrected chi connectivity index (χ3v) is 5.21. The van der Waals surface area contributed by atoms with Gasteiger partial charge in [-0.1, -0.05) is 11.6 Å². The number of ether oxygens (including phenoxy) is 1. The third kappa shape index (κ3) is 3.67. The second-order valence-corrected chi connectivity index (χ2v) is 6.98. The van der Waals surface area contributed by atoms with Crippen LogP contribution in [-0.4, -0.2) is 30.6 Å². The lowest BCUT2D eigenvalue weighted by Gasteiger charge is -2.16. The molecule has 0 aliphatic carbocycles. The minimum atomic E-state index is -1.37. The molecule has 140 valence electrons. The number of carbonyl (C=O) groups excluding carboxylic acids is 1. The molecule has 1 amide bonds. The summed E-state index contributed by atoms with van der Waals surface area (Å²) in [5, 5.41) is 9.93. The van der Waals surface area contributed by atoms with Gasteiger partial charge in [0.05, 0.1) is 16.3 Å². The van der Waals surface area contributed by atoms with Gasteiger partial charge in [0.2, 0.25) is 0 Å². The van der Waals surface area contributed by atoms with Gasteiger partial charge in [0, 0.05) is 18.7 Å². The monoisotopic (exact) mass is 407 g/mol. The highest BCUT2D eigenvalue weighted by Crippen LogP contribution is 2.33. The Morgan fingerprint density at radius 2 is 2.04 bits per heavy atom. The van der Waals surface area contributed by atoms with Gasteiger partial charge in [-0.3, -0.25) is 4.79 Å². The first-order valence-corrected chi connectivity index (χ1v) is 9.02. The highest BCUT2D eigenvalue weighted by Gasteiger charge is 2.20. The molecule has 2 heterocycles. The largest absolute Gasteiger partial charge is 0.492 e. The molecule has 0 saturated heterocycles. The maximum atomic E-state index is 12.8. The van der Waals surface area contributed by atoms with Crippen LogP contribution >= 0.6 is 22.9 Å². The number of halogens is 1. The smallest absolute Gasteiger partial charge is 0.351 e. The van der Waals surface area contributed by atoms with E-state index in [0.717, 1.165) is 11.3 Å². The van der Waals surface area contributed by atoms with Crippen LogP contribution in [0.1, 0.15) is 27.6 Å². The fourth-order valence-electron chi connectivity index (χ4n) is 2.41. The first-order chi connectivity index (χ1) is 12.8. The molecule has 0 fully saturated rings. The van der Waals surface area contributed by atoms with E-state index in [9.17, 15) is 14.4 Å². The van der Waals surface area contributed by atoms with Crippen LogP contribution in [0.15, 0.2) is 39.5 Å². The quantitative estimate of drug-likeness (QED) is 0.689. The van der Waals surface area contributed by atoms with Crippen molar-refractivity contribution in [3.8, 4) is 5.75 Å². The molecule has 3 rings (SSSR count). The number of benzene rings is 1. The van der Waals surface area contributed by atoms with Gasteiger partial charge in [0.15, 0.2) is 5.58 Å². The number of fused-ring (bicyclic) bond motifs is 1. The number of carboxylic acid groups (broad SMARTS) is 1. The number of aromatic carboxylic acids is 1. The Morgan fingerprint density at radius 3 is 2.70 bits per heavy atom. The van der Waals surface area contributed by atoms with Gasteiger partial charge in [-0.2, -0.15) is 0 Å². The van der Waals surface area contributed by atoms with Gasteiger partial charge in [-0.05, 0) is 31.2 Å². The first-order valence-electron chi connectivity index (χ1n) is 7.83. The Labute approximate surface area is 162 Å². The topological polar surface area (TPSA) is 97.0 Å². The molecule has 1 aromatic carbocycles. The van der Waals surface area contributed by atoms with Crippen LogP contribution in [-0.2, 0) is 0 Å². The SMILES string of the molecule is CCOc1cc(C(=O)N(C)c2cc3oc(=O)c(C(=O)O)cc3s2)ccc1Cl. The minimum absolute atomic E-state index is 0.218. The van der Waals surface area contributed by atoms with Crippen molar-refractivity contribution in [3.05, 3.63) is 56.9 Å². The summed E-state index contributed by atoms with van der Waals surface area (Å²) in [5.41, 5.74) is -0.803. The molecule has 27 heavy (non-hydrogen) atoms.